The van der Waals surface area contributed by atoms with Crippen molar-refractivity contribution in [1.29, 1.82) is 5.26 Å². The average molecular weight is 825 g/mol. The topological polar surface area (TPSA) is 87.4 Å². The summed E-state index contributed by atoms with van der Waals surface area (Å²) < 4.78 is 7.13. The van der Waals surface area contributed by atoms with Gasteiger partial charge >= 0.3 is 5.97 Å². The molecule has 4 aromatic carbocycles. The van der Waals surface area contributed by atoms with Gasteiger partial charge in [0.1, 0.15) is 5.60 Å². The van der Waals surface area contributed by atoms with Crippen molar-refractivity contribution in [3.05, 3.63) is 136 Å². The zero-order valence-electron chi connectivity index (χ0n) is 24.1. The van der Waals surface area contributed by atoms with Crippen LogP contribution in [0.1, 0.15) is 52.2 Å². The predicted octanol–water partition coefficient (Wildman–Crippen LogP) is 10.6. The molecule has 1 aliphatic carbocycles. The lowest BCUT2D eigenvalue weighted by atomic mass is 9.47. The maximum absolute atomic E-state index is 14.9. The summed E-state index contributed by atoms with van der Waals surface area (Å²) in [6.07, 6.45) is -0.253. The van der Waals surface area contributed by atoms with Crippen LogP contribution >= 0.6 is 78.3 Å². The highest BCUT2D eigenvalue weighted by molar-refractivity contribution is 9.10. The van der Waals surface area contributed by atoms with E-state index in [0.29, 0.717) is 21.2 Å². The number of ether oxygens (including phenoxy) is 1. The molecule has 46 heavy (non-hydrogen) atoms. The number of rotatable bonds is 7. The van der Waals surface area contributed by atoms with E-state index in [9.17, 15) is 20.0 Å². The average Bonchev–Trinajstić information content (AvgIpc) is 3.01. The van der Waals surface area contributed by atoms with Crippen LogP contribution in [-0.2, 0) is 15.1 Å². The molecular weight excluding hydrogens is 800 g/mol. The molecule has 1 N–H and O–H groups in total. The van der Waals surface area contributed by atoms with Crippen LogP contribution in [0.4, 0.5) is 0 Å². The Labute approximate surface area is 303 Å². The number of ketones is 1. The minimum Gasteiger partial charge on any atom is -0.465 e. The predicted molar refractivity (Wildman–Crippen MR) is 188 cm³/mol. The van der Waals surface area contributed by atoms with E-state index in [-0.39, 0.29) is 34.2 Å². The number of esters is 1. The monoisotopic (exact) mass is 821 g/mol. The van der Waals surface area contributed by atoms with Gasteiger partial charge in [-0.1, -0.05) is 115 Å². The van der Waals surface area contributed by atoms with Gasteiger partial charge in [-0.2, -0.15) is 5.26 Å². The van der Waals surface area contributed by atoms with E-state index in [1.54, 1.807) is 79.7 Å². The number of nitriles is 1. The van der Waals surface area contributed by atoms with E-state index in [0.717, 1.165) is 8.95 Å². The molecule has 0 saturated heterocycles. The highest BCUT2D eigenvalue weighted by atomic mass is 79.9. The molecule has 0 spiro atoms. The fraction of sp³-hybridized carbons (Fsp3) is 0.229. The molecule has 5 unspecified atom stereocenters. The van der Waals surface area contributed by atoms with Gasteiger partial charge in [0.15, 0.2) is 11.2 Å². The third-order valence-corrected chi connectivity index (χ3v) is 10.8. The second-order valence-corrected chi connectivity index (χ2v) is 14.6. The summed E-state index contributed by atoms with van der Waals surface area (Å²) in [7, 11) is 0. The molecule has 11 heteroatoms. The summed E-state index contributed by atoms with van der Waals surface area (Å²) in [5, 5.41) is 25.3. The van der Waals surface area contributed by atoms with Crippen molar-refractivity contribution in [3.63, 3.8) is 0 Å². The number of halogens is 6. The van der Waals surface area contributed by atoms with Crippen molar-refractivity contribution in [2.24, 2.45) is 11.3 Å². The van der Waals surface area contributed by atoms with E-state index in [4.69, 9.17) is 51.1 Å². The number of benzene rings is 4. The van der Waals surface area contributed by atoms with Gasteiger partial charge in [-0.05, 0) is 78.6 Å². The summed E-state index contributed by atoms with van der Waals surface area (Å²) in [5.74, 6) is -5.24. The van der Waals surface area contributed by atoms with Crippen molar-refractivity contribution < 1.29 is 19.4 Å². The molecule has 5 rings (SSSR count). The Morgan fingerprint density at radius 3 is 1.89 bits per heavy atom. The lowest BCUT2D eigenvalue weighted by molar-refractivity contribution is -0.164. The fourth-order valence-electron chi connectivity index (χ4n) is 6.58. The summed E-state index contributed by atoms with van der Waals surface area (Å²) in [6.45, 7) is 1.58. The minimum atomic E-state index is -2.11. The lowest BCUT2D eigenvalue weighted by Crippen LogP contribution is -2.59. The second kappa shape index (κ2) is 14.0. The number of Topliss-reactive ketones (excluding diaryl/α,β-unsaturated/α-hetero) is 1. The number of aliphatic hydroxyl groups is 1. The number of carbonyl (C=O) groups excluding carboxylic acids is 2. The van der Waals surface area contributed by atoms with Gasteiger partial charge in [-0.25, -0.2) is 0 Å². The number of hydrogen-bond donors (Lipinski definition) is 1. The molecule has 5 nitrogen and oxygen atoms in total. The molecule has 4 aromatic rings. The van der Waals surface area contributed by atoms with Crippen molar-refractivity contribution in [1.82, 2.24) is 0 Å². The van der Waals surface area contributed by atoms with Crippen molar-refractivity contribution in [2.45, 2.75) is 30.8 Å². The zero-order valence-corrected chi connectivity index (χ0v) is 30.3. The van der Waals surface area contributed by atoms with E-state index >= 15 is 0 Å². The molecule has 5 atom stereocenters. The molecule has 0 aliphatic heterocycles. The van der Waals surface area contributed by atoms with Crippen molar-refractivity contribution in [2.75, 3.05) is 6.61 Å². The van der Waals surface area contributed by atoms with Crippen molar-refractivity contribution >= 4 is 90.0 Å². The molecule has 0 heterocycles. The van der Waals surface area contributed by atoms with Gasteiger partial charge in [0, 0.05) is 46.4 Å². The van der Waals surface area contributed by atoms with E-state index in [2.05, 4.69) is 37.9 Å². The third-order valence-electron chi connectivity index (χ3n) is 8.59. The maximum Gasteiger partial charge on any atom is 0.327 e. The Morgan fingerprint density at radius 2 is 1.39 bits per heavy atom. The summed E-state index contributed by atoms with van der Waals surface area (Å²) >= 11 is 33.1. The first-order chi connectivity index (χ1) is 21.9. The molecule has 0 amide bonds. The molecule has 1 saturated carbocycles. The van der Waals surface area contributed by atoms with Crippen LogP contribution in [0, 0.1) is 22.7 Å². The highest BCUT2D eigenvalue weighted by Crippen LogP contribution is 2.65. The lowest BCUT2D eigenvalue weighted by Gasteiger charge is -2.54. The van der Waals surface area contributed by atoms with Gasteiger partial charge in [-0.15, -0.1) is 0 Å². The van der Waals surface area contributed by atoms with Gasteiger partial charge in [0.25, 0.3) is 0 Å². The standard InChI is InChI=1S/C35H25Br2Cl4NO4/c1-2-46-33(44)34(18-42)27(25-13-11-23(38)15-28(25)40)17-35(45,20-5-9-22(37)10-6-20)31(32(43)19-3-7-21(36)8-4-19)30(34)26-14-12-24(39)16-29(26)41/h3-16,27,30-31,45H,2,17H2,1H3. The van der Waals surface area contributed by atoms with Crippen LogP contribution in [0.15, 0.2) is 93.9 Å². The van der Waals surface area contributed by atoms with Gasteiger partial charge in [0.2, 0.25) is 0 Å². The Bertz CT molecular complexity index is 1850. The smallest absolute Gasteiger partial charge is 0.327 e. The third kappa shape index (κ3) is 6.26. The van der Waals surface area contributed by atoms with Crippen LogP contribution < -0.4 is 0 Å². The summed E-state index contributed by atoms with van der Waals surface area (Å²) in [5.41, 5.74) is -2.77. The maximum atomic E-state index is 14.9. The van der Waals surface area contributed by atoms with E-state index < -0.39 is 40.5 Å². The van der Waals surface area contributed by atoms with Crippen LogP contribution in [-0.4, -0.2) is 23.5 Å². The van der Waals surface area contributed by atoms with Gasteiger partial charge in [0.05, 0.1) is 18.6 Å². The van der Waals surface area contributed by atoms with E-state index in [1.807, 2.05) is 0 Å². The number of nitrogens with zero attached hydrogens (tertiary/aromatic N) is 1. The molecule has 236 valence electrons. The SMILES string of the molecule is CCOC(=O)C1(C#N)C(c2ccc(Cl)cc2Cl)CC(O)(c2ccc(Br)cc2)C(C(=O)c2ccc(Br)cc2)C1c1ccc(Cl)cc1Cl. The number of carbonyl (C=O) groups is 2. The number of hydrogen-bond acceptors (Lipinski definition) is 5. The summed E-state index contributed by atoms with van der Waals surface area (Å²) in [4.78, 5) is 29.3. The highest BCUT2D eigenvalue weighted by Gasteiger charge is 2.68. The normalized spacial score (nSPS) is 24.2. The molecule has 0 bridgehead atoms. The van der Waals surface area contributed by atoms with Crippen LogP contribution in [0.25, 0.3) is 0 Å². The molecule has 0 aromatic heterocycles. The first-order valence-electron chi connectivity index (χ1n) is 14.1. The Kier molecular flexibility index (Phi) is 10.6. The molecule has 1 aliphatic rings. The first kappa shape index (κ1) is 34.9. The summed E-state index contributed by atoms with van der Waals surface area (Å²) in [6, 6.07) is 25.2. The molecule has 1 fully saturated rings. The Balaban J connectivity index is 1.94. The van der Waals surface area contributed by atoms with Gasteiger partial charge < -0.3 is 9.84 Å². The Morgan fingerprint density at radius 1 is 0.870 bits per heavy atom. The second-order valence-electron chi connectivity index (χ2n) is 11.0. The zero-order chi connectivity index (χ0) is 33.4. The first-order valence-corrected chi connectivity index (χ1v) is 17.2. The fourth-order valence-corrected chi connectivity index (χ4v) is 8.18. The van der Waals surface area contributed by atoms with Gasteiger partial charge in [-0.3, -0.25) is 9.59 Å². The molecular formula is C35H25Br2Cl4NO4. The quantitative estimate of drug-likeness (QED) is 0.148. The van der Waals surface area contributed by atoms with E-state index in [1.165, 1.54) is 12.1 Å². The van der Waals surface area contributed by atoms with Crippen LogP contribution in [0.3, 0.4) is 0 Å². The van der Waals surface area contributed by atoms with Crippen molar-refractivity contribution in [3.8, 4) is 6.07 Å². The largest absolute Gasteiger partial charge is 0.465 e. The Hall–Kier alpha value is -2.41. The van der Waals surface area contributed by atoms with Crippen LogP contribution in [0.2, 0.25) is 20.1 Å². The molecule has 0 radical (unpaired) electrons. The van der Waals surface area contributed by atoms with Crippen LogP contribution in [0.5, 0.6) is 0 Å². The minimum absolute atomic E-state index is 0.0489.